The predicted molar refractivity (Wildman–Crippen MR) is 82.4 cm³/mol. The van der Waals surface area contributed by atoms with E-state index in [-0.39, 0.29) is 12.3 Å². The number of hydrogen-bond acceptors (Lipinski definition) is 3. The van der Waals surface area contributed by atoms with Crippen molar-refractivity contribution in [1.29, 1.82) is 0 Å². The van der Waals surface area contributed by atoms with Crippen molar-refractivity contribution in [3.8, 4) is 0 Å². The van der Waals surface area contributed by atoms with Crippen LogP contribution in [0.2, 0.25) is 0 Å². The quantitative estimate of drug-likeness (QED) is 0.889. The molecule has 108 valence electrons. The van der Waals surface area contributed by atoms with E-state index in [0.717, 1.165) is 10.0 Å². The highest BCUT2D eigenvalue weighted by Crippen LogP contribution is 2.18. The van der Waals surface area contributed by atoms with E-state index in [1.807, 2.05) is 13.0 Å². The molecule has 0 bridgehead atoms. The van der Waals surface area contributed by atoms with Crippen molar-refractivity contribution in [1.82, 2.24) is 4.98 Å². The average Bonchev–Trinajstić information content (AvgIpc) is 2.43. The number of aryl methyl sites for hydroxylation is 1. The molecule has 1 amide bonds. The highest BCUT2D eigenvalue weighted by Gasteiger charge is 2.08. The van der Waals surface area contributed by atoms with Gasteiger partial charge in [-0.3, -0.25) is 14.6 Å². The largest absolute Gasteiger partial charge is 0.481 e. The van der Waals surface area contributed by atoms with Crippen molar-refractivity contribution >= 4 is 33.5 Å². The van der Waals surface area contributed by atoms with Crippen LogP contribution >= 0.6 is 15.9 Å². The summed E-state index contributed by atoms with van der Waals surface area (Å²) < 4.78 is 0.866. The number of aliphatic carboxylic acids is 1. The van der Waals surface area contributed by atoms with Gasteiger partial charge in [-0.25, -0.2) is 0 Å². The molecule has 0 atom stereocenters. The molecule has 1 aromatic carbocycles. The van der Waals surface area contributed by atoms with Gasteiger partial charge >= 0.3 is 5.97 Å². The Hall–Kier alpha value is -2.21. The molecule has 2 N–H and O–H groups in total. The molecule has 6 heteroatoms. The summed E-state index contributed by atoms with van der Waals surface area (Å²) in [5, 5.41) is 11.4. The van der Waals surface area contributed by atoms with Crippen molar-refractivity contribution in [2.24, 2.45) is 0 Å². The number of benzene rings is 1. The van der Waals surface area contributed by atoms with Crippen molar-refractivity contribution < 1.29 is 14.7 Å². The molecule has 0 unspecified atom stereocenters. The molecule has 21 heavy (non-hydrogen) atoms. The van der Waals surface area contributed by atoms with Crippen molar-refractivity contribution in [2.45, 2.75) is 13.3 Å². The number of hydrogen-bond donors (Lipinski definition) is 2. The second-order valence-corrected chi connectivity index (χ2v) is 5.38. The van der Waals surface area contributed by atoms with Crippen LogP contribution < -0.4 is 5.32 Å². The molecule has 0 aliphatic heterocycles. The van der Waals surface area contributed by atoms with E-state index in [1.54, 1.807) is 24.3 Å². The number of anilines is 1. The second-order valence-electron chi connectivity index (χ2n) is 4.53. The third-order valence-electron chi connectivity index (χ3n) is 2.85. The molecule has 2 aromatic rings. The second kappa shape index (κ2) is 6.49. The molecular formula is C15H13BrN2O3. The SMILES string of the molecule is Cc1ccc(C(=O)Nc2ccc(CC(=O)O)nc2)cc1Br. The van der Waals surface area contributed by atoms with Crippen LogP contribution in [0.3, 0.4) is 0 Å². The topological polar surface area (TPSA) is 79.3 Å². The Morgan fingerprint density at radius 2 is 2.05 bits per heavy atom. The maximum absolute atomic E-state index is 12.1. The lowest BCUT2D eigenvalue weighted by Crippen LogP contribution is -2.12. The number of pyridine rings is 1. The maximum Gasteiger partial charge on any atom is 0.309 e. The standard InChI is InChI=1S/C15H13BrN2O3/c1-9-2-3-10(6-13(9)16)15(21)18-12-5-4-11(17-8-12)7-14(19)20/h2-6,8H,7H2,1H3,(H,18,21)(H,19,20). The van der Waals surface area contributed by atoms with Gasteiger partial charge in [-0.2, -0.15) is 0 Å². The number of aromatic nitrogens is 1. The summed E-state index contributed by atoms with van der Waals surface area (Å²) in [4.78, 5) is 26.6. The average molecular weight is 349 g/mol. The molecule has 2 rings (SSSR count). The molecule has 0 aliphatic carbocycles. The normalized spacial score (nSPS) is 10.2. The van der Waals surface area contributed by atoms with Crippen LogP contribution in [0.4, 0.5) is 5.69 Å². The summed E-state index contributed by atoms with van der Waals surface area (Å²) >= 11 is 3.38. The van der Waals surface area contributed by atoms with Gasteiger partial charge in [-0.05, 0) is 36.8 Å². The Morgan fingerprint density at radius 3 is 2.62 bits per heavy atom. The molecule has 0 spiro atoms. The van der Waals surface area contributed by atoms with Crippen LogP contribution in [0.15, 0.2) is 41.0 Å². The van der Waals surface area contributed by atoms with E-state index in [1.165, 1.54) is 6.20 Å². The number of carboxylic acid groups (broad SMARTS) is 1. The maximum atomic E-state index is 12.1. The van der Waals surface area contributed by atoms with Crippen LogP contribution in [-0.4, -0.2) is 22.0 Å². The zero-order valence-corrected chi connectivity index (χ0v) is 12.8. The lowest BCUT2D eigenvalue weighted by molar-refractivity contribution is -0.136. The van der Waals surface area contributed by atoms with E-state index in [4.69, 9.17) is 5.11 Å². The minimum atomic E-state index is -0.941. The van der Waals surface area contributed by atoms with Gasteiger partial charge in [0.1, 0.15) is 0 Å². The molecule has 0 aliphatic rings. The first-order valence-corrected chi connectivity index (χ1v) is 6.99. The van der Waals surface area contributed by atoms with E-state index < -0.39 is 5.97 Å². The molecule has 0 saturated heterocycles. The van der Waals surface area contributed by atoms with Gasteiger partial charge < -0.3 is 10.4 Å². The summed E-state index contributed by atoms with van der Waals surface area (Å²) in [6.07, 6.45) is 1.30. The molecule has 0 radical (unpaired) electrons. The lowest BCUT2D eigenvalue weighted by Gasteiger charge is -2.07. The van der Waals surface area contributed by atoms with E-state index in [0.29, 0.717) is 16.9 Å². The Bertz CT molecular complexity index is 684. The number of halogens is 1. The number of carboxylic acids is 1. The third-order valence-corrected chi connectivity index (χ3v) is 3.70. The van der Waals surface area contributed by atoms with Crippen LogP contribution in [0.1, 0.15) is 21.6 Å². The Morgan fingerprint density at radius 1 is 1.29 bits per heavy atom. The smallest absolute Gasteiger partial charge is 0.309 e. The Labute approximate surface area is 130 Å². The van der Waals surface area contributed by atoms with Crippen LogP contribution in [0, 0.1) is 6.92 Å². The summed E-state index contributed by atoms with van der Waals surface area (Å²) in [5.41, 5.74) is 2.54. The molecule has 0 fully saturated rings. The summed E-state index contributed by atoms with van der Waals surface area (Å²) in [7, 11) is 0. The fraction of sp³-hybridized carbons (Fsp3) is 0.133. The van der Waals surface area contributed by atoms with Gasteiger partial charge in [0, 0.05) is 10.0 Å². The number of carbonyl (C=O) groups is 2. The Balaban J connectivity index is 2.08. The number of amides is 1. The highest BCUT2D eigenvalue weighted by molar-refractivity contribution is 9.10. The summed E-state index contributed by atoms with van der Waals surface area (Å²) in [5.74, 6) is -1.19. The number of nitrogens with zero attached hydrogens (tertiary/aromatic N) is 1. The van der Waals surface area contributed by atoms with Gasteiger partial charge in [0.25, 0.3) is 5.91 Å². The van der Waals surface area contributed by atoms with Crippen molar-refractivity contribution in [3.05, 3.63) is 57.8 Å². The van der Waals surface area contributed by atoms with Gasteiger partial charge in [0.05, 0.1) is 24.0 Å². The van der Waals surface area contributed by atoms with Crippen LogP contribution in [-0.2, 0) is 11.2 Å². The number of nitrogens with one attached hydrogen (secondary N) is 1. The number of carbonyl (C=O) groups excluding carboxylic acids is 1. The molecule has 0 saturated carbocycles. The lowest BCUT2D eigenvalue weighted by atomic mass is 10.1. The zero-order valence-electron chi connectivity index (χ0n) is 11.3. The van der Waals surface area contributed by atoms with Gasteiger partial charge in [-0.15, -0.1) is 0 Å². The fourth-order valence-electron chi connectivity index (χ4n) is 1.70. The molecule has 1 aromatic heterocycles. The number of rotatable bonds is 4. The van der Waals surface area contributed by atoms with Gasteiger partial charge in [0.15, 0.2) is 0 Å². The van der Waals surface area contributed by atoms with Crippen LogP contribution in [0.5, 0.6) is 0 Å². The fourth-order valence-corrected chi connectivity index (χ4v) is 2.07. The first kappa shape index (κ1) is 15.2. The van der Waals surface area contributed by atoms with Gasteiger partial charge in [0.2, 0.25) is 0 Å². The minimum Gasteiger partial charge on any atom is -0.481 e. The van der Waals surface area contributed by atoms with Gasteiger partial charge in [-0.1, -0.05) is 22.0 Å². The molecule has 5 nitrogen and oxygen atoms in total. The first-order chi connectivity index (χ1) is 9.95. The highest BCUT2D eigenvalue weighted by atomic mass is 79.9. The Kier molecular flexibility index (Phi) is 4.70. The van der Waals surface area contributed by atoms with E-state index in [9.17, 15) is 9.59 Å². The minimum absolute atomic E-state index is 0.140. The monoisotopic (exact) mass is 348 g/mol. The molecule has 1 heterocycles. The van der Waals surface area contributed by atoms with Crippen molar-refractivity contribution in [3.63, 3.8) is 0 Å². The summed E-state index contributed by atoms with van der Waals surface area (Å²) in [6.45, 7) is 1.94. The van der Waals surface area contributed by atoms with E-state index in [2.05, 4.69) is 26.2 Å². The first-order valence-electron chi connectivity index (χ1n) is 6.20. The van der Waals surface area contributed by atoms with Crippen LogP contribution in [0.25, 0.3) is 0 Å². The summed E-state index contributed by atoms with van der Waals surface area (Å²) in [6, 6.07) is 8.55. The zero-order chi connectivity index (χ0) is 15.4. The third kappa shape index (κ3) is 4.13. The molecular weight excluding hydrogens is 336 g/mol. The predicted octanol–water partition coefficient (Wildman–Crippen LogP) is 3.03. The van der Waals surface area contributed by atoms with E-state index >= 15 is 0 Å². The van der Waals surface area contributed by atoms with Crippen molar-refractivity contribution in [2.75, 3.05) is 5.32 Å².